The molecule has 0 atom stereocenters. The largest absolute Gasteiger partial charge is 0.0840 e. The predicted molar refractivity (Wildman–Crippen MR) is 118 cm³/mol. The van der Waals surface area contributed by atoms with Crippen LogP contribution in [0.4, 0.5) is 0 Å². The zero-order chi connectivity index (χ0) is 19.4. The molecular weight excluding hydrogens is 348 g/mol. The molecule has 0 saturated carbocycles. The molecule has 0 spiro atoms. The lowest BCUT2D eigenvalue weighted by atomic mass is 9.92. The number of aryl methyl sites for hydroxylation is 4. The summed E-state index contributed by atoms with van der Waals surface area (Å²) in [6.45, 7) is 8.83. The molecule has 0 radical (unpaired) electrons. The average Bonchev–Trinajstić information content (AvgIpc) is 2.67. The van der Waals surface area contributed by atoms with Crippen LogP contribution in [0.2, 0.25) is 5.02 Å². The van der Waals surface area contributed by atoms with Crippen molar-refractivity contribution in [2.75, 3.05) is 0 Å². The van der Waals surface area contributed by atoms with Crippen molar-refractivity contribution in [2.24, 2.45) is 0 Å². The summed E-state index contributed by atoms with van der Waals surface area (Å²) < 4.78 is 0. The van der Waals surface area contributed by atoms with E-state index in [9.17, 15) is 0 Å². The van der Waals surface area contributed by atoms with E-state index in [1.165, 1.54) is 44.5 Å². The van der Waals surface area contributed by atoms with Crippen molar-refractivity contribution in [3.05, 3.63) is 104 Å². The summed E-state index contributed by atoms with van der Waals surface area (Å²) >= 11 is 6.63. The van der Waals surface area contributed by atoms with Crippen LogP contribution in [0, 0.1) is 13.8 Å². The fraction of sp³-hybridized carbons (Fsp3) is 0.308. The third-order valence-electron chi connectivity index (χ3n) is 5.49. The first-order valence-corrected chi connectivity index (χ1v) is 10.3. The number of hydrogen-bond acceptors (Lipinski definition) is 0. The van der Waals surface area contributed by atoms with E-state index in [0.717, 1.165) is 30.7 Å². The molecular formula is C26H29Cl. The Balaban J connectivity index is 1.78. The number of rotatable bonds is 6. The second-order valence-corrected chi connectivity index (χ2v) is 7.92. The van der Waals surface area contributed by atoms with Gasteiger partial charge in [-0.25, -0.2) is 0 Å². The van der Waals surface area contributed by atoms with Crippen molar-refractivity contribution in [3.8, 4) is 0 Å². The fourth-order valence-corrected chi connectivity index (χ4v) is 4.00. The molecule has 140 valence electrons. The Morgan fingerprint density at radius 3 is 1.74 bits per heavy atom. The summed E-state index contributed by atoms with van der Waals surface area (Å²) in [4.78, 5) is 0. The van der Waals surface area contributed by atoms with Gasteiger partial charge in [0, 0.05) is 5.02 Å². The average molecular weight is 377 g/mol. The highest BCUT2D eigenvalue weighted by Crippen LogP contribution is 2.25. The summed E-state index contributed by atoms with van der Waals surface area (Å²) in [5.74, 6) is 0. The monoisotopic (exact) mass is 376 g/mol. The summed E-state index contributed by atoms with van der Waals surface area (Å²) in [6.07, 6.45) is 3.98. The zero-order valence-electron chi connectivity index (χ0n) is 16.9. The van der Waals surface area contributed by atoms with E-state index in [-0.39, 0.29) is 0 Å². The van der Waals surface area contributed by atoms with Crippen LogP contribution in [0.5, 0.6) is 0 Å². The third kappa shape index (κ3) is 4.82. The quantitative estimate of drug-likeness (QED) is 0.424. The molecule has 0 aliphatic carbocycles. The molecule has 0 bridgehead atoms. The first-order chi connectivity index (χ1) is 13.0. The molecule has 0 aliphatic rings. The number of hydrogen-bond donors (Lipinski definition) is 0. The molecule has 27 heavy (non-hydrogen) atoms. The van der Waals surface area contributed by atoms with Crippen LogP contribution in [0.3, 0.4) is 0 Å². The van der Waals surface area contributed by atoms with Crippen molar-refractivity contribution < 1.29 is 0 Å². The van der Waals surface area contributed by atoms with E-state index in [2.05, 4.69) is 82.3 Å². The predicted octanol–water partition coefficient (Wildman–Crippen LogP) is 7.26. The molecule has 3 rings (SSSR count). The topological polar surface area (TPSA) is 0 Å². The first-order valence-electron chi connectivity index (χ1n) is 9.94. The third-order valence-corrected chi connectivity index (χ3v) is 5.84. The number of benzene rings is 3. The minimum absolute atomic E-state index is 0.868. The van der Waals surface area contributed by atoms with Crippen LogP contribution < -0.4 is 0 Å². The van der Waals surface area contributed by atoms with Crippen LogP contribution in [0.25, 0.3) is 0 Å². The highest BCUT2D eigenvalue weighted by Gasteiger charge is 2.09. The maximum atomic E-state index is 6.63. The lowest BCUT2D eigenvalue weighted by Crippen LogP contribution is -1.99. The smallest absolute Gasteiger partial charge is 0.0444 e. The molecule has 0 N–H and O–H groups in total. The van der Waals surface area contributed by atoms with Crippen molar-refractivity contribution >= 4 is 11.6 Å². The molecule has 3 aromatic carbocycles. The van der Waals surface area contributed by atoms with Crippen LogP contribution >= 0.6 is 11.6 Å². The normalized spacial score (nSPS) is 11.0. The van der Waals surface area contributed by atoms with Gasteiger partial charge in [0.05, 0.1) is 0 Å². The Labute approximate surface area is 169 Å². The maximum absolute atomic E-state index is 6.63. The van der Waals surface area contributed by atoms with Gasteiger partial charge < -0.3 is 0 Å². The van der Waals surface area contributed by atoms with Gasteiger partial charge in [-0.2, -0.15) is 0 Å². The van der Waals surface area contributed by atoms with E-state index in [4.69, 9.17) is 11.6 Å². The van der Waals surface area contributed by atoms with Crippen LogP contribution in [0.1, 0.15) is 58.4 Å². The van der Waals surface area contributed by atoms with Crippen molar-refractivity contribution in [3.63, 3.8) is 0 Å². The highest BCUT2D eigenvalue weighted by atomic mass is 35.5. The Kier molecular flexibility index (Phi) is 6.39. The summed E-state index contributed by atoms with van der Waals surface area (Å²) in [6, 6.07) is 20.0. The minimum atomic E-state index is 0.868. The molecule has 0 fully saturated rings. The summed E-state index contributed by atoms with van der Waals surface area (Å²) in [7, 11) is 0. The Morgan fingerprint density at radius 2 is 1.19 bits per heavy atom. The molecule has 0 aliphatic heterocycles. The molecule has 0 aromatic heterocycles. The molecule has 0 nitrogen and oxygen atoms in total. The molecule has 1 heteroatoms. The van der Waals surface area contributed by atoms with E-state index in [1.807, 2.05) is 0 Å². The molecule has 0 unspecified atom stereocenters. The van der Waals surface area contributed by atoms with Gasteiger partial charge in [0.1, 0.15) is 0 Å². The molecule has 0 amide bonds. The van der Waals surface area contributed by atoms with Gasteiger partial charge in [-0.1, -0.05) is 74.0 Å². The standard InChI is InChI=1S/C26H29Cl/c1-5-20-7-9-22(10-8-20)15-24-12-11-23(17-26(24)27)16-25-18(3)13-21(6-2)14-19(25)4/h7-14,17H,5-6,15-16H2,1-4H3. The lowest BCUT2D eigenvalue weighted by molar-refractivity contribution is 1.07. The Morgan fingerprint density at radius 1 is 0.630 bits per heavy atom. The molecule has 0 heterocycles. The fourth-order valence-electron chi connectivity index (χ4n) is 3.73. The van der Waals surface area contributed by atoms with Gasteiger partial charge in [-0.3, -0.25) is 0 Å². The van der Waals surface area contributed by atoms with Gasteiger partial charge in [0.15, 0.2) is 0 Å². The first kappa shape index (κ1) is 19.7. The Bertz CT molecular complexity index is 896. The Hall–Kier alpha value is -2.05. The molecule has 3 aromatic rings. The van der Waals surface area contributed by atoms with Gasteiger partial charge in [-0.15, -0.1) is 0 Å². The second-order valence-electron chi connectivity index (χ2n) is 7.51. The van der Waals surface area contributed by atoms with Crippen molar-refractivity contribution in [1.29, 1.82) is 0 Å². The maximum Gasteiger partial charge on any atom is 0.0444 e. The second kappa shape index (κ2) is 8.76. The molecule has 0 saturated heterocycles. The van der Waals surface area contributed by atoms with E-state index >= 15 is 0 Å². The highest BCUT2D eigenvalue weighted by molar-refractivity contribution is 6.31. The van der Waals surface area contributed by atoms with Gasteiger partial charge in [-0.05, 0) is 90.1 Å². The van der Waals surface area contributed by atoms with Gasteiger partial charge in [0.2, 0.25) is 0 Å². The van der Waals surface area contributed by atoms with Crippen LogP contribution in [0.15, 0.2) is 54.6 Å². The minimum Gasteiger partial charge on any atom is -0.0840 e. The SMILES string of the molecule is CCc1ccc(Cc2ccc(Cc3c(C)cc(CC)cc3C)cc2Cl)cc1. The van der Waals surface area contributed by atoms with Crippen molar-refractivity contribution in [1.82, 2.24) is 0 Å². The van der Waals surface area contributed by atoms with Crippen LogP contribution in [-0.4, -0.2) is 0 Å². The van der Waals surface area contributed by atoms with E-state index < -0.39 is 0 Å². The van der Waals surface area contributed by atoms with Gasteiger partial charge in [0.25, 0.3) is 0 Å². The van der Waals surface area contributed by atoms with Gasteiger partial charge >= 0.3 is 0 Å². The van der Waals surface area contributed by atoms with Crippen LogP contribution in [-0.2, 0) is 25.7 Å². The zero-order valence-corrected chi connectivity index (χ0v) is 17.7. The van der Waals surface area contributed by atoms with Crippen molar-refractivity contribution in [2.45, 2.75) is 53.4 Å². The lowest BCUT2D eigenvalue weighted by Gasteiger charge is -2.14. The van der Waals surface area contributed by atoms with E-state index in [0.29, 0.717) is 0 Å². The summed E-state index contributed by atoms with van der Waals surface area (Å²) in [5.41, 5.74) is 10.7. The summed E-state index contributed by atoms with van der Waals surface area (Å²) in [5, 5.41) is 0.868. The van der Waals surface area contributed by atoms with E-state index in [1.54, 1.807) is 0 Å². The number of halogens is 1.